The van der Waals surface area contributed by atoms with Gasteiger partial charge in [-0.25, -0.2) is 0 Å². The van der Waals surface area contributed by atoms with Crippen molar-refractivity contribution in [2.45, 2.75) is 52.6 Å². The molecule has 1 aromatic carbocycles. The highest BCUT2D eigenvalue weighted by atomic mass is 16.5. The van der Waals surface area contributed by atoms with E-state index in [9.17, 15) is 4.79 Å². The Morgan fingerprint density at radius 2 is 2.05 bits per heavy atom. The molecule has 0 heterocycles. The zero-order chi connectivity index (χ0) is 15.5. The number of amides is 1. The number of hydrogen-bond acceptors (Lipinski definition) is 3. The molecule has 1 saturated carbocycles. The largest absolute Gasteiger partial charge is 0.488 e. The van der Waals surface area contributed by atoms with Crippen LogP contribution in [0.1, 0.15) is 56.8 Å². The zero-order valence-corrected chi connectivity index (χ0v) is 13.2. The molecular weight excluding hydrogens is 264 g/mol. The second-order valence-corrected chi connectivity index (χ2v) is 6.59. The number of anilines is 1. The molecule has 4 nitrogen and oxygen atoms in total. The maximum Gasteiger partial charge on any atom is 0.251 e. The van der Waals surface area contributed by atoms with Gasteiger partial charge in [-0.05, 0) is 56.2 Å². The molecule has 1 aromatic rings. The molecule has 4 heteroatoms. The fourth-order valence-electron chi connectivity index (χ4n) is 2.73. The highest BCUT2D eigenvalue weighted by Gasteiger charge is 2.28. The number of nitrogens with one attached hydrogen (secondary N) is 1. The van der Waals surface area contributed by atoms with Gasteiger partial charge in [0.2, 0.25) is 0 Å². The maximum absolute atomic E-state index is 11.8. The van der Waals surface area contributed by atoms with E-state index >= 15 is 0 Å². The van der Waals surface area contributed by atoms with Gasteiger partial charge in [-0.1, -0.05) is 13.8 Å². The van der Waals surface area contributed by atoms with Crippen LogP contribution in [-0.4, -0.2) is 18.6 Å². The zero-order valence-electron chi connectivity index (χ0n) is 13.2. The Labute approximate surface area is 127 Å². The Hall–Kier alpha value is -1.71. The van der Waals surface area contributed by atoms with Gasteiger partial charge in [0.25, 0.3) is 5.91 Å². The summed E-state index contributed by atoms with van der Waals surface area (Å²) in [7, 11) is 0. The number of nitrogen functional groups attached to an aromatic ring is 1. The molecule has 1 aliphatic rings. The first kappa shape index (κ1) is 15.7. The lowest BCUT2D eigenvalue weighted by molar-refractivity contribution is 0.0954. The number of ether oxygens (including phenoxy) is 1. The third-order valence-electron chi connectivity index (χ3n) is 4.19. The summed E-state index contributed by atoms with van der Waals surface area (Å²) in [5.74, 6) is 0.586. The molecule has 1 aliphatic carbocycles. The van der Waals surface area contributed by atoms with E-state index in [1.165, 1.54) is 12.8 Å². The molecule has 0 unspecified atom stereocenters. The standard InChI is InChI=1S/C17H26N2O2/c1-4-19-16(20)12-5-6-15(14(18)11-12)21-13-7-9-17(2,3)10-8-13/h5-6,11,13H,4,7-10,18H2,1-3H3,(H,19,20). The van der Waals surface area contributed by atoms with E-state index in [0.717, 1.165) is 12.8 Å². The van der Waals surface area contributed by atoms with Crippen molar-refractivity contribution in [1.29, 1.82) is 0 Å². The van der Waals surface area contributed by atoms with Crippen LogP contribution in [-0.2, 0) is 0 Å². The third kappa shape index (κ3) is 4.13. The molecule has 0 radical (unpaired) electrons. The number of benzene rings is 1. The van der Waals surface area contributed by atoms with Gasteiger partial charge >= 0.3 is 0 Å². The molecule has 21 heavy (non-hydrogen) atoms. The van der Waals surface area contributed by atoms with Gasteiger partial charge in [0, 0.05) is 12.1 Å². The van der Waals surface area contributed by atoms with Gasteiger partial charge in [0.1, 0.15) is 5.75 Å². The molecule has 0 saturated heterocycles. The van der Waals surface area contributed by atoms with Crippen LogP contribution in [0.5, 0.6) is 5.75 Å². The Balaban J connectivity index is 2.00. The predicted molar refractivity (Wildman–Crippen MR) is 85.5 cm³/mol. The van der Waals surface area contributed by atoms with Crippen LogP contribution in [0.4, 0.5) is 5.69 Å². The predicted octanol–water partition coefficient (Wildman–Crippen LogP) is 3.37. The minimum atomic E-state index is -0.102. The quantitative estimate of drug-likeness (QED) is 0.836. The van der Waals surface area contributed by atoms with Crippen molar-refractivity contribution in [3.05, 3.63) is 23.8 Å². The van der Waals surface area contributed by atoms with Crippen LogP contribution >= 0.6 is 0 Å². The first-order chi connectivity index (χ1) is 9.91. The molecule has 0 spiro atoms. The van der Waals surface area contributed by atoms with Crippen LogP contribution in [0.3, 0.4) is 0 Å². The van der Waals surface area contributed by atoms with Gasteiger partial charge in [-0.3, -0.25) is 4.79 Å². The van der Waals surface area contributed by atoms with E-state index in [2.05, 4.69) is 19.2 Å². The minimum Gasteiger partial charge on any atom is -0.488 e. The van der Waals surface area contributed by atoms with Crippen molar-refractivity contribution in [2.24, 2.45) is 5.41 Å². The molecule has 2 rings (SSSR count). The molecule has 0 atom stereocenters. The van der Waals surface area contributed by atoms with Crippen LogP contribution in [0.2, 0.25) is 0 Å². The molecule has 1 amide bonds. The smallest absolute Gasteiger partial charge is 0.251 e. The lowest BCUT2D eigenvalue weighted by Gasteiger charge is -2.34. The van der Waals surface area contributed by atoms with Crippen molar-refractivity contribution in [2.75, 3.05) is 12.3 Å². The molecule has 3 N–H and O–H groups in total. The van der Waals surface area contributed by atoms with E-state index < -0.39 is 0 Å². The number of rotatable bonds is 4. The van der Waals surface area contributed by atoms with Crippen molar-refractivity contribution < 1.29 is 9.53 Å². The summed E-state index contributed by atoms with van der Waals surface area (Å²) < 4.78 is 6.02. The van der Waals surface area contributed by atoms with Crippen molar-refractivity contribution in [3.8, 4) is 5.75 Å². The Morgan fingerprint density at radius 3 is 2.62 bits per heavy atom. The van der Waals surface area contributed by atoms with Crippen LogP contribution in [0.15, 0.2) is 18.2 Å². The number of carbonyl (C=O) groups is 1. The van der Waals surface area contributed by atoms with Crippen LogP contribution in [0.25, 0.3) is 0 Å². The minimum absolute atomic E-state index is 0.102. The topological polar surface area (TPSA) is 64.3 Å². The average molecular weight is 290 g/mol. The summed E-state index contributed by atoms with van der Waals surface area (Å²) in [5, 5.41) is 2.76. The number of carbonyl (C=O) groups excluding carboxylic acids is 1. The second kappa shape index (κ2) is 6.37. The molecule has 1 fully saturated rings. The van der Waals surface area contributed by atoms with E-state index in [0.29, 0.717) is 29.0 Å². The average Bonchev–Trinajstić information content (AvgIpc) is 2.43. The summed E-state index contributed by atoms with van der Waals surface area (Å²) >= 11 is 0. The molecule has 0 aliphatic heterocycles. The van der Waals surface area contributed by atoms with Gasteiger partial charge in [0.05, 0.1) is 11.8 Å². The summed E-state index contributed by atoms with van der Waals surface area (Å²) in [5.41, 5.74) is 7.55. The van der Waals surface area contributed by atoms with E-state index in [1.54, 1.807) is 18.2 Å². The third-order valence-corrected chi connectivity index (χ3v) is 4.19. The highest BCUT2D eigenvalue weighted by Crippen LogP contribution is 2.37. The molecule has 0 aromatic heterocycles. The lowest BCUT2D eigenvalue weighted by Crippen LogP contribution is -2.28. The van der Waals surface area contributed by atoms with Gasteiger partial charge in [-0.15, -0.1) is 0 Å². The number of hydrogen-bond donors (Lipinski definition) is 2. The van der Waals surface area contributed by atoms with Crippen LogP contribution in [0, 0.1) is 5.41 Å². The molecule has 116 valence electrons. The van der Waals surface area contributed by atoms with Gasteiger partial charge in [-0.2, -0.15) is 0 Å². The van der Waals surface area contributed by atoms with Crippen molar-refractivity contribution >= 4 is 11.6 Å². The first-order valence-electron chi connectivity index (χ1n) is 7.75. The van der Waals surface area contributed by atoms with E-state index in [4.69, 9.17) is 10.5 Å². The second-order valence-electron chi connectivity index (χ2n) is 6.59. The van der Waals surface area contributed by atoms with E-state index in [1.807, 2.05) is 6.92 Å². The Bertz CT molecular complexity index is 502. The number of nitrogens with two attached hydrogens (primary N) is 1. The summed E-state index contributed by atoms with van der Waals surface area (Å²) in [6, 6.07) is 5.26. The van der Waals surface area contributed by atoms with Crippen molar-refractivity contribution in [1.82, 2.24) is 5.32 Å². The SMILES string of the molecule is CCNC(=O)c1ccc(OC2CCC(C)(C)CC2)c(N)c1. The van der Waals surface area contributed by atoms with Gasteiger partial charge < -0.3 is 15.8 Å². The maximum atomic E-state index is 11.8. The van der Waals surface area contributed by atoms with E-state index in [-0.39, 0.29) is 12.0 Å². The fraction of sp³-hybridized carbons (Fsp3) is 0.588. The normalized spacial score (nSPS) is 18.2. The Kier molecular flexibility index (Phi) is 4.76. The summed E-state index contributed by atoms with van der Waals surface area (Å²) in [4.78, 5) is 11.8. The monoisotopic (exact) mass is 290 g/mol. The first-order valence-corrected chi connectivity index (χ1v) is 7.75. The summed E-state index contributed by atoms with van der Waals surface area (Å²) in [6.45, 7) is 7.11. The summed E-state index contributed by atoms with van der Waals surface area (Å²) in [6.07, 6.45) is 4.70. The fourth-order valence-corrected chi connectivity index (χ4v) is 2.73. The Morgan fingerprint density at radius 1 is 1.38 bits per heavy atom. The molecular formula is C17H26N2O2. The van der Waals surface area contributed by atoms with Crippen molar-refractivity contribution in [3.63, 3.8) is 0 Å². The highest BCUT2D eigenvalue weighted by molar-refractivity contribution is 5.95. The molecule has 0 bridgehead atoms. The van der Waals surface area contributed by atoms with Gasteiger partial charge in [0.15, 0.2) is 0 Å². The lowest BCUT2D eigenvalue weighted by atomic mass is 9.76. The van der Waals surface area contributed by atoms with Crippen LogP contribution < -0.4 is 15.8 Å².